The van der Waals surface area contributed by atoms with Crippen LogP contribution in [0.3, 0.4) is 0 Å². The summed E-state index contributed by atoms with van der Waals surface area (Å²) in [6, 6.07) is 0. The first-order valence-corrected chi connectivity index (χ1v) is 8.72. The zero-order chi connectivity index (χ0) is 19.9. The summed E-state index contributed by atoms with van der Waals surface area (Å²) in [4.78, 5) is 11.5. The number of ether oxygens (including phenoxy) is 2. The van der Waals surface area contributed by atoms with Gasteiger partial charge >= 0.3 is 5.97 Å². The first-order chi connectivity index (χ1) is 12.2. The average Bonchev–Trinajstić information content (AvgIpc) is 2.58. The minimum atomic E-state index is -1.34. The molecule has 0 spiro atoms. The third-order valence-corrected chi connectivity index (χ3v) is 4.35. The van der Waals surface area contributed by atoms with Gasteiger partial charge in [-0.3, -0.25) is 0 Å². The molecule has 1 saturated heterocycles. The Labute approximate surface area is 153 Å². The summed E-state index contributed by atoms with van der Waals surface area (Å²) < 4.78 is 10.3. The maximum absolute atomic E-state index is 11.5. The summed E-state index contributed by atoms with van der Waals surface area (Å²) in [5.74, 6) is -1.03. The van der Waals surface area contributed by atoms with Crippen LogP contribution in [0, 0.1) is 5.92 Å². The van der Waals surface area contributed by atoms with Crippen molar-refractivity contribution in [2.75, 3.05) is 13.2 Å². The molecule has 0 aromatic rings. The number of carbonyl (C=O) groups is 1. The Hall–Kier alpha value is -1.29. The largest absolute Gasteiger partial charge is 0.463 e. The molecule has 0 amide bonds. The van der Waals surface area contributed by atoms with Crippen molar-refractivity contribution in [3.8, 4) is 0 Å². The lowest BCUT2D eigenvalue weighted by atomic mass is 9.86. The van der Waals surface area contributed by atoms with E-state index in [9.17, 15) is 30.3 Å². The van der Waals surface area contributed by atoms with Crippen LogP contribution in [-0.4, -0.2) is 81.3 Å². The first-order valence-electron chi connectivity index (χ1n) is 8.72. The van der Waals surface area contributed by atoms with Gasteiger partial charge in [0.2, 0.25) is 0 Å². The van der Waals surface area contributed by atoms with E-state index in [2.05, 4.69) is 0 Å². The van der Waals surface area contributed by atoms with Crippen molar-refractivity contribution in [3.63, 3.8) is 0 Å². The molecule has 0 unspecified atom stereocenters. The fraction of sp³-hybridized carbons (Fsp3) is 0.722. The molecule has 26 heavy (non-hydrogen) atoms. The number of hydrogen-bond donors (Lipinski definition) is 5. The molecule has 0 saturated carbocycles. The summed E-state index contributed by atoms with van der Waals surface area (Å²) in [5, 5.41) is 49.6. The molecule has 8 heteroatoms. The maximum atomic E-state index is 11.5. The van der Waals surface area contributed by atoms with Gasteiger partial charge in [0.1, 0.15) is 18.3 Å². The summed E-state index contributed by atoms with van der Waals surface area (Å²) >= 11 is 0. The van der Waals surface area contributed by atoms with Crippen LogP contribution in [0.5, 0.6) is 0 Å². The Balaban J connectivity index is 2.66. The molecule has 1 heterocycles. The lowest BCUT2D eigenvalue weighted by molar-refractivity contribution is -0.187. The number of allylic oxidation sites excluding steroid dienone is 1. The minimum absolute atomic E-state index is 0.0851. The van der Waals surface area contributed by atoms with E-state index in [1.54, 1.807) is 13.0 Å². The fourth-order valence-electron chi connectivity index (χ4n) is 2.66. The second kappa shape index (κ2) is 10.8. The van der Waals surface area contributed by atoms with Crippen LogP contribution in [0.4, 0.5) is 0 Å². The molecule has 0 bridgehead atoms. The molecule has 1 fully saturated rings. The van der Waals surface area contributed by atoms with Crippen LogP contribution in [0.15, 0.2) is 23.8 Å². The Morgan fingerprint density at radius 3 is 2.50 bits per heavy atom. The quantitative estimate of drug-likeness (QED) is 0.213. The number of hydrogen-bond acceptors (Lipinski definition) is 8. The zero-order valence-corrected chi connectivity index (χ0v) is 15.4. The number of carbonyl (C=O) groups excluding carboxylic acids is 1. The number of aliphatic hydroxyl groups excluding tert-OH is 5. The number of aliphatic hydroxyl groups is 5. The highest BCUT2D eigenvalue weighted by molar-refractivity contribution is 5.82. The van der Waals surface area contributed by atoms with E-state index in [-0.39, 0.29) is 18.8 Å². The normalized spacial score (nSPS) is 30.8. The van der Waals surface area contributed by atoms with E-state index in [0.717, 1.165) is 6.08 Å². The van der Waals surface area contributed by atoms with Gasteiger partial charge in [-0.15, -0.1) is 0 Å². The molecule has 150 valence electrons. The average molecular weight is 374 g/mol. The molecule has 0 aromatic carbocycles. The molecule has 1 aliphatic rings. The fourth-order valence-corrected chi connectivity index (χ4v) is 2.66. The van der Waals surface area contributed by atoms with E-state index in [4.69, 9.17) is 9.47 Å². The van der Waals surface area contributed by atoms with E-state index in [1.807, 2.05) is 0 Å². The molecule has 1 rings (SSSR count). The SMILES string of the molecule is CCOC(=O)/C=C(\C)[C@@H](O)[C@@H]1OC[C@H](C/C=C/[C@@H](O)[C@H](C)O)[C@@H](O)[C@H]1O. The predicted octanol–water partition coefficient (Wildman–Crippen LogP) is -0.718. The van der Waals surface area contributed by atoms with Crippen LogP contribution in [-0.2, 0) is 14.3 Å². The van der Waals surface area contributed by atoms with Crippen LogP contribution in [0.2, 0.25) is 0 Å². The van der Waals surface area contributed by atoms with Crippen molar-refractivity contribution in [1.29, 1.82) is 0 Å². The number of rotatable bonds is 8. The van der Waals surface area contributed by atoms with Gasteiger partial charge in [0.25, 0.3) is 0 Å². The standard InChI is InChI=1S/C18H30O8/c1-4-25-14(21)8-10(2)15(22)18-17(24)16(23)12(9-26-18)6-5-7-13(20)11(3)19/h5,7-8,11-13,15-20,22-24H,4,6,9H2,1-3H3/b7-5+,10-8+/t11-,12-,13+,15+,16+,17+,18-/m0/s1. The van der Waals surface area contributed by atoms with Gasteiger partial charge in [-0.05, 0) is 32.8 Å². The summed E-state index contributed by atoms with van der Waals surface area (Å²) in [7, 11) is 0. The lowest BCUT2D eigenvalue weighted by Crippen LogP contribution is -2.54. The highest BCUT2D eigenvalue weighted by Gasteiger charge is 2.41. The minimum Gasteiger partial charge on any atom is -0.463 e. The molecule has 0 aromatic heterocycles. The first kappa shape index (κ1) is 22.8. The number of esters is 1. The van der Waals surface area contributed by atoms with Crippen molar-refractivity contribution >= 4 is 5.97 Å². The summed E-state index contributed by atoms with van der Waals surface area (Å²) in [5.41, 5.74) is 0.262. The van der Waals surface area contributed by atoms with Crippen LogP contribution < -0.4 is 0 Å². The zero-order valence-electron chi connectivity index (χ0n) is 15.4. The van der Waals surface area contributed by atoms with Crippen molar-refractivity contribution in [1.82, 2.24) is 0 Å². The summed E-state index contributed by atoms with van der Waals surface area (Å²) in [6.45, 7) is 4.92. The van der Waals surface area contributed by atoms with E-state index < -0.39 is 48.5 Å². The molecule has 7 atom stereocenters. The molecule has 0 radical (unpaired) electrons. The molecular weight excluding hydrogens is 344 g/mol. The van der Waals surface area contributed by atoms with Crippen molar-refractivity contribution < 1.29 is 39.8 Å². The third-order valence-electron chi connectivity index (χ3n) is 4.35. The van der Waals surface area contributed by atoms with Gasteiger partial charge in [0.15, 0.2) is 0 Å². The second-order valence-corrected chi connectivity index (χ2v) is 6.52. The van der Waals surface area contributed by atoms with Crippen molar-refractivity contribution in [2.45, 2.75) is 63.8 Å². The van der Waals surface area contributed by atoms with Crippen LogP contribution >= 0.6 is 0 Å². The highest BCUT2D eigenvalue weighted by Crippen LogP contribution is 2.27. The molecule has 8 nitrogen and oxygen atoms in total. The Kier molecular flexibility index (Phi) is 9.42. The smallest absolute Gasteiger partial charge is 0.330 e. The topological polar surface area (TPSA) is 137 Å². The van der Waals surface area contributed by atoms with Gasteiger partial charge < -0.3 is 35.0 Å². The van der Waals surface area contributed by atoms with Gasteiger partial charge in [0, 0.05) is 12.0 Å². The second-order valence-electron chi connectivity index (χ2n) is 6.52. The van der Waals surface area contributed by atoms with E-state index >= 15 is 0 Å². The van der Waals surface area contributed by atoms with Gasteiger partial charge in [-0.1, -0.05) is 12.2 Å². The van der Waals surface area contributed by atoms with E-state index in [0.29, 0.717) is 6.42 Å². The molecular formula is C18H30O8. The third kappa shape index (κ3) is 6.46. The molecule has 0 aliphatic carbocycles. The van der Waals surface area contributed by atoms with Crippen molar-refractivity contribution in [3.05, 3.63) is 23.8 Å². The van der Waals surface area contributed by atoms with Gasteiger partial charge in [-0.2, -0.15) is 0 Å². The molecule has 1 aliphatic heterocycles. The summed E-state index contributed by atoms with van der Waals surface area (Å²) in [6.07, 6.45) is -2.27. The van der Waals surface area contributed by atoms with E-state index in [1.165, 1.54) is 19.9 Å². The van der Waals surface area contributed by atoms with Crippen LogP contribution in [0.25, 0.3) is 0 Å². The predicted molar refractivity (Wildman–Crippen MR) is 93.1 cm³/mol. The Morgan fingerprint density at radius 2 is 1.92 bits per heavy atom. The Morgan fingerprint density at radius 1 is 1.27 bits per heavy atom. The van der Waals surface area contributed by atoms with Crippen LogP contribution in [0.1, 0.15) is 27.2 Å². The maximum Gasteiger partial charge on any atom is 0.330 e. The van der Waals surface area contributed by atoms with Gasteiger partial charge in [0.05, 0.1) is 31.5 Å². The lowest BCUT2D eigenvalue weighted by Gasteiger charge is -2.39. The highest BCUT2D eigenvalue weighted by atomic mass is 16.5. The van der Waals surface area contributed by atoms with Crippen molar-refractivity contribution in [2.24, 2.45) is 5.92 Å². The monoisotopic (exact) mass is 374 g/mol. The van der Waals surface area contributed by atoms with Gasteiger partial charge in [-0.25, -0.2) is 4.79 Å². The Bertz CT molecular complexity index is 501. The molecule has 5 N–H and O–H groups in total.